The monoisotopic (exact) mass is 306 g/mol. The fourth-order valence-corrected chi connectivity index (χ4v) is 1.72. The van der Waals surface area contributed by atoms with Gasteiger partial charge >= 0.3 is 0 Å². The van der Waals surface area contributed by atoms with E-state index in [1.165, 1.54) is 6.07 Å². The molecule has 0 saturated heterocycles. The van der Waals surface area contributed by atoms with Crippen molar-refractivity contribution in [3.8, 4) is 11.8 Å². The Hall–Kier alpha value is -1.23. The maximum Gasteiger partial charge on any atom is 0.289 e. The molecule has 1 rings (SSSR count). The topological polar surface area (TPSA) is 90.3 Å². The maximum atomic E-state index is 13.2. The van der Waals surface area contributed by atoms with Gasteiger partial charge in [0.15, 0.2) is 0 Å². The number of hydrogen-bond acceptors (Lipinski definition) is 4. The number of halogens is 3. The molecule has 0 aliphatic rings. The number of nitrogens with two attached hydrogens (primary N) is 1. The summed E-state index contributed by atoms with van der Waals surface area (Å²) >= 11 is 2.93. The molecule has 1 aromatic rings. The van der Waals surface area contributed by atoms with Crippen molar-refractivity contribution in [1.82, 2.24) is 0 Å². The molecule has 0 aromatic heterocycles. The van der Waals surface area contributed by atoms with E-state index in [1.54, 1.807) is 6.07 Å². The summed E-state index contributed by atoms with van der Waals surface area (Å²) in [6.07, 6.45) is 0. The second-order valence-electron chi connectivity index (χ2n) is 3.40. The van der Waals surface area contributed by atoms with E-state index in [1.807, 2.05) is 0 Å². The minimum absolute atomic E-state index is 0.0777. The summed E-state index contributed by atoms with van der Waals surface area (Å²) in [5.74, 6) is -4.05. The van der Waals surface area contributed by atoms with E-state index < -0.39 is 24.3 Å². The minimum Gasteiger partial charge on any atom is -0.506 e. The number of aliphatic hydroxyl groups is 1. The average molecular weight is 307 g/mol. The van der Waals surface area contributed by atoms with Crippen LogP contribution in [0.2, 0.25) is 0 Å². The molecule has 0 fully saturated rings. The highest BCUT2D eigenvalue weighted by molar-refractivity contribution is 9.10. The van der Waals surface area contributed by atoms with E-state index in [2.05, 4.69) is 15.9 Å². The van der Waals surface area contributed by atoms with Crippen LogP contribution in [-0.4, -0.2) is 22.7 Å². The normalized spacial score (nSPS) is 13.2. The molecule has 0 amide bonds. The molecule has 4 nitrogen and oxygen atoms in total. The smallest absolute Gasteiger partial charge is 0.289 e. The Labute approximate surface area is 104 Å². The number of rotatable bonds is 3. The summed E-state index contributed by atoms with van der Waals surface area (Å²) < 4.78 is 26.5. The first-order valence-corrected chi connectivity index (χ1v) is 5.29. The second kappa shape index (κ2) is 4.96. The zero-order valence-corrected chi connectivity index (χ0v) is 10.1. The van der Waals surface area contributed by atoms with Crippen molar-refractivity contribution in [2.75, 3.05) is 6.61 Å². The number of phenolic OH excluding ortho intramolecular Hbond substituents is 1. The van der Waals surface area contributed by atoms with Crippen molar-refractivity contribution >= 4 is 15.9 Å². The number of aliphatic hydroxyl groups excluding tert-OH is 1. The van der Waals surface area contributed by atoms with Crippen LogP contribution in [0.5, 0.6) is 5.75 Å². The highest BCUT2D eigenvalue weighted by atomic mass is 79.9. The molecule has 0 aliphatic carbocycles. The van der Waals surface area contributed by atoms with Gasteiger partial charge in [-0.1, -0.05) is 0 Å². The molecule has 0 unspecified atom stereocenters. The van der Waals surface area contributed by atoms with Crippen LogP contribution >= 0.6 is 15.9 Å². The van der Waals surface area contributed by atoms with Crippen molar-refractivity contribution in [3.63, 3.8) is 0 Å². The summed E-state index contributed by atoms with van der Waals surface area (Å²) in [6.45, 7) is -1.44. The fourth-order valence-electron chi connectivity index (χ4n) is 1.25. The zero-order valence-electron chi connectivity index (χ0n) is 8.49. The predicted molar refractivity (Wildman–Crippen MR) is 59.5 cm³/mol. The van der Waals surface area contributed by atoms with E-state index in [0.717, 1.165) is 6.07 Å². The van der Waals surface area contributed by atoms with Crippen molar-refractivity contribution in [2.24, 2.45) is 5.73 Å². The lowest BCUT2D eigenvalue weighted by Gasteiger charge is -2.22. The third-order valence-corrected chi connectivity index (χ3v) is 2.83. The Morgan fingerprint density at radius 2 is 2.12 bits per heavy atom. The molecule has 17 heavy (non-hydrogen) atoms. The van der Waals surface area contributed by atoms with Crippen LogP contribution in [0.25, 0.3) is 0 Å². The molecule has 0 spiro atoms. The third kappa shape index (κ3) is 2.72. The van der Waals surface area contributed by atoms with Crippen molar-refractivity contribution in [1.29, 1.82) is 5.26 Å². The lowest BCUT2D eigenvalue weighted by Crippen LogP contribution is -2.36. The summed E-state index contributed by atoms with van der Waals surface area (Å²) in [5.41, 5.74) is 5.06. The molecule has 0 bridgehead atoms. The predicted octanol–water partition coefficient (Wildman–Crippen LogP) is 1.65. The van der Waals surface area contributed by atoms with Gasteiger partial charge < -0.3 is 15.9 Å². The summed E-state index contributed by atoms with van der Waals surface area (Å²) in [7, 11) is 0. The van der Waals surface area contributed by atoms with Gasteiger partial charge in [0, 0.05) is 5.56 Å². The van der Waals surface area contributed by atoms with Gasteiger partial charge in [0.2, 0.25) is 0 Å². The first-order valence-electron chi connectivity index (χ1n) is 4.50. The van der Waals surface area contributed by atoms with E-state index in [0.29, 0.717) is 0 Å². The molecule has 0 saturated carbocycles. The number of nitrogens with zero attached hydrogens (tertiary/aromatic N) is 1. The maximum absolute atomic E-state index is 13.2. The molecular formula is C10H9BrF2N2O2. The van der Waals surface area contributed by atoms with Crippen LogP contribution in [0.4, 0.5) is 8.78 Å². The van der Waals surface area contributed by atoms with Crippen LogP contribution in [0.1, 0.15) is 17.2 Å². The lowest BCUT2D eigenvalue weighted by atomic mass is 9.99. The van der Waals surface area contributed by atoms with Gasteiger partial charge in [-0.15, -0.1) is 0 Å². The molecule has 92 valence electrons. The SMILES string of the molecule is N#Cc1cc(Br)c(O)c([C@@H](N)C(F)(F)CO)c1. The van der Waals surface area contributed by atoms with Crippen molar-refractivity contribution in [3.05, 3.63) is 27.7 Å². The number of aromatic hydroxyl groups is 1. The number of alkyl halides is 2. The first-order chi connectivity index (χ1) is 7.83. The number of benzene rings is 1. The van der Waals surface area contributed by atoms with Gasteiger partial charge in [-0.05, 0) is 28.1 Å². The number of phenols is 1. The minimum atomic E-state index is -3.58. The number of hydrogen-bond donors (Lipinski definition) is 3. The van der Waals surface area contributed by atoms with Crippen LogP contribution in [0.3, 0.4) is 0 Å². The van der Waals surface area contributed by atoms with Gasteiger partial charge in [0.25, 0.3) is 5.92 Å². The van der Waals surface area contributed by atoms with Crippen LogP contribution in [0, 0.1) is 11.3 Å². The molecule has 1 aromatic carbocycles. The Morgan fingerprint density at radius 3 is 2.59 bits per heavy atom. The highest BCUT2D eigenvalue weighted by Gasteiger charge is 2.39. The molecule has 4 N–H and O–H groups in total. The molecule has 7 heteroatoms. The van der Waals surface area contributed by atoms with Crippen molar-refractivity contribution < 1.29 is 19.0 Å². The van der Waals surface area contributed by atoms with E-state index >= 15 is 0 Å². The molecule has 0 heterocycles. The average Bonchev–Trinajstić information content (AvgIpc) is 2.31. The van der Waals surface area contributed by atoms with E-state index in [4.69, 9.17) is 16.1 Å². The molecule has 0 radical (unpaired) electrons. The van der Waals surface area contributed by atoms with Crippen LogP contribution in [0.15, 0.2) is 16.6 Å². The number of nitriles is 1. The first kappa shape index (κ1) is 13.8. The Bertz CT molecular complexity index is 474. The zero-order chi connectivity index (χ0) is 13.2. The fraction of sp³-hybridized carbons (Fsp3) is 0.300. The largest absolute Gasteiger partial charge is 0.506 e. The van der Waals surface area contributed by atoms with Gasteiger partial charge in [-0.25, -0.2) is 8.78 Å². The van der Waals surface area contributed by atoms with E-state index in [9.17, 15) is 13.9 Å². The standard InChI is InChI=1S/C10H9BrF2N2O2/c11-7-2-5(3-14)1-6(8(7)17)9(15)10(12,13)4-16/h1-2,9,16-17H,4,15H2/t9-/m1/s1. The van der Waals surface area contributed by atoms with Gasteiger partial charge in [0.1, 0.15) is 18.4 Å². The van der Waals surface area contributed by atoms with Crippen molar-refractivity contribution in [2.45, 2.75) is 12.0 Å². The Kier molecular flexibility index (Phi) is 4.03. The molecule has 1 atom stereocenters. The quantitative estimate of drug-likeness (QED) is 0.792. The second-order valence-corrected chi connectivity index (χ2v) is 4.26. The molecule has 0 aliphatic heterocycles. The highest BCUT2D eigenvalue weighted by Crippen LogP contribution is 2.38. The summed E-state index contributed by atoms with van der Waals surface area (Å²) in [5, 5.41) is 26.8. The van der Waals surface area contributed by atoms with Gasteiger partial charge in [-0.2, -0.15) is 5.26 Å². The van der Waals surface area contributed by atoms with Crippen LogP contribution in [-0.2, 0) is 0 Å². The van der Waals surface area contributed by atoms with E-state index in [-0.39, 0.29) is 15.6 Å². The Balaban J connectivity index is 3.32. The Morgan fingerprint density at radius 1 is 1.53 bits per heavy atom. The van der Waals surface area contributed by atoms with Gasteiger partial charge in [0.05, 0.1) is 16.1 Å². The third-order valence-electron chi connectivity index (χ3n) is 2.22. The molecular weight excluding hydrogens is 298 g/mol. The summed E-state index contributed by atoms with van der Waals surface area (Å²) in [6, 6.07) is 2.21. The summed E-state index contributed by atoms with van der Waals surface area (Å²) in [4.78, 5) is 0. The van der Waals surface area contributed by atoms with Crippen LogP contribution < -0.4 is 5.73 Å². The van der Waals surface area contributed by atoms with Gasteiger partial charge in [-0.3, -0.25) is 0 Å². The lowest BCUT2D eigenvalue weighted by molar-refractivity contribution is -0.0716.